The number of aromatic nitrogens is 1. The lowest BCUT2D eigenvalue weighted by atomic mass is 9.99. The number of hydrogen-bond acceptors (Lipinski definition) is 3. The first-order chi connectivity index (χ1) is 9.93. The van der Waals surface area contributed by atoms with Gasteiger partial charge >= 0.3 is 6.18 Å². The Morgan fingerprint density at radius 2 is 2.14 bits per heavy atom. The van der Waals surface area contributed by atoms with Crippen LogP contribution >= 0.6 is 0 Å². The van der Waals surface area contributed by atoms with Crippen molar-refractivity contribution in [2.75, 3.05) is 13.2 Å². The van der Waals surface area contributed by atoms with Gasteiger partial charge in [-0.2, -0.15) is 13.2 Å². The highest BCUT2D eigenvalue weighted by molar-refractivity contribution is 5.92. The Kier molecular flexibility index (Phi) is 4.82. The molecule has 1 atom stereocenters. The van der Waals surface area contributed by atoms with E-state index in [2.05, 4.69) is 4.98 Å². The van der Waals surface area contributed by atoms with Gasteiger partial charge in [0, 0.05) is 25.4 Å². The molecule has 1 aromatic heterocycles. The first-order valence-electron chi connectivity index (χ1n) is 6.88. The predicted molar refractivity (Wildman–Crippen MR) is 69.6 cm³/mol. The van der Waals surface area contributed by atoms with Crippen molar-refractivity contribution in [1.82, 2.24) is 9.88 Å². The fourth-order valence-corrected chi connectivity index (χ4v) is 2.55. The largest absolute Gasteiger partial charge is 0.417 e. The highest BCUT2D eigenvalue weighted by Crippen LogP contribution is 2.29. The highest BCUT2D eigenvalue weighted by Gasteiger charge is 2.32. The van der Waals surface area contributed by atoms with Crippen LogP contribution in [-0.4, -0.2) is 40.1 Å². The lowest BCUT2D eigenvalue weighted by Gasteiger charge is -2.35. The third kappa shape index (κ3) is 3.72. The number of alkyl halides is 3. The Hall–Kier alpha value is -1.63. The van der Waals surface area contributed by atoms with Crippen molar-refractivity contribution >= 4 is 5.91 Å². The van der Waals surface area contributed by atoms with Crippen LogP contribution in [0, 0.1) is 0 Å². The van der Waals surface area contributed by atoms with Crippen molar-refractivity contribution in [2.45, 2.75) is 37.9 Å². The summed E-state index contributed by atoms with van der Waals surface area (Å²) in [5.74, 6) is -0.373. The summed E-state index contributed by atoms with van der Waals surface area (Å²) in [7, 11) is 0. The molecule has 2 heterocycles. The van der Waals surface area contributed by atoms with Crippen LogP contribution in [0.1, 0.15) is 41.7 Å². The number of amides is 1. The lowest BCUT2D eigenvalue weighted by molar-refractivity contribution is -0.137. The molecule has 4 nitrogen and oxygen atoms in total. The second kappa shape index (κ2) is 6.43. The van der Waals surface area contributed by atoms with E-state index in [0.29, 0.717) is 19.2 Å². The van der Waals surface area contributed by atoms with Gasteiger partial charge in [0.05, 0.1) is 5.56 Å². The van der Waals surface area contributed by atoms with Crippen molar-refractivity contribution in [3.8, 4) is 0 Å². The van der Waals surface area contributed by atoms with Crippen molar-refractivity contribution in [3.05, 3.63) is 29.6 Å². The molecule has 1 aliphatic heterocycles. The first-order valence-corrected chi connectivity index (χ1v) is 6.88. The molecular formula is C14H17F3N2O2. The molecule has 116 valence electrons. The molecule has 7 heteroatoms. The zero-order valence-corrected chi connectivity index (χ0v) is 11.4. The summed E-state index contributed by atoms with van der Waals surface area (Å²) < 4.78 is 37.4. The van der Waals surface area contributed by atoms with Gasteiger partial charge in [-0.1, -0.05) is 0 Å². The first kappa shape index (κ1) is 15.8. The monoisotopic (exact) mass is 302 g/mol. The van der Waals surface area contributed by atoms with E-state index in [-0.39, 0.29) is 24.2 Å². The molecule has 1 fully saturated rings. The second-order valence-electron chi connectivity index (χ2n) is 5.09. The van der Waals surface area contributed by atoms with Gasteiger partial charge in [0.2, 0.25) is 0 Å². The van der Waals surface area contributed by atoms with Gasteiger partial charge in [0.1, 0.15) is 5.69 Å². The van der Waals surface area contributed by atoms with Crippen LogP contribution in [0.3, 0.4) is 0 Å². The van der Waals surface area contributed by atoms with Gasteiger partial charge in [-0.15, -0.1) is 0 Å². The summed E-state index contributed by atoms with van der Waals surface area (Å²) in [4.78, 5) is 17.6. The van der Waals surface area contributed by atoms with E-state index in [9.17, 15) is 18.0 Å². The average molecular weight is 302 g/mol. The van der Waals surface area contributed by atoms with Crippen LogP contribution < -0.4 is 0 Å². The van der Waals surface area contributed by atoms with E-state index in [0.717, 1.165) is 31.4 Å². The van der Waals surface area contributed by atoms with Gasteiger partial charge < -0.3 is 10.0 Å². The minimum atomic E-state index is -4.46. The van der Waals surface area contributed by atoms with Gasteiger partial charge in [-0.25, -0.2) is 0 Å². The SMILES string of the molecule is O=C(c1ccc(C(F)(F)F)cn1)N1CCCCC1CCO. The van der Waals surface area contributed by atoms with Crippen molar-refractivity contribution in [2.24, 2.45) is 0 Å². The van der Waals surface area contributed by atoms with E-state index in [1.807, 2.05) is 0 Å². The molecule has 0 saturated carbocycles. The maximum absolute atomic E-state index is 12.5. The maximum atomic E-state index is 12.5. The van der Waals surface area contributed by atoms with Gasteiger partial charge in [0.15, 0.2) is 0 Å². The summed E-state index contributed by atoms with van der Waals surface area (Å²) in [5.41, 5.74) is -0.863. The zero-order chi connectivity index (χ0) is 15.5. The summed E-state index contributed by atoms with van der Waals surface area (Å²) >= 11 is 0. The Balaban J connectivity index is 2.14. The maximum Gasteiger partial charge on any atom is 0.417 e. The topological polar surface area (TPSA) is 53.4 Å². The summed E-state index contributed by atoms with van der Waals surface area (Å²) in [5, 5.41) is 9.04. The smallest absolute Gasteiger partial charge is 0.396 e. The second-order valence-corrected chi connectivity index (χ2v) is 5.09. The van der Waals surface area contributed by atoms with Crippen molar-refractivity contribution in [1.29, 1.82) is 0 Å². The van der Waals surface area contributed by atoms with Crippen molar-refractivity contribution in [3.63, 3.8) is 0 Å². The number of aliphatic hydroxyl groups is 1. The van der Waals surface area contributed by atoms with E-state index in [1.54, 1.807) is 4.90 Å². The van der Waals surface area contributed by atoms with E-state index >= 15 is 0 Å². The number of halogens is 3. The number of piperidine rings is 1. The number of pyridine rings is 1. The van der Waals surface area contributed by atoms with Gasteiger partial charge in [-0.3, -0.25) is 9.78 Å². The Labute approximate surface area is 120 Å². The lowest BCUT2D eigenvalue weighted by Crippen LogP contribution is -2.44. The summed E-state index contributed by atoms with van der Waals surface area (Å²) in [6.07, 6.45) is -0.667. The molecular weight excluding hydrogens is 285 g/mol. The number of likely N-dealkylation sites (tertiary alicyclic amines) is 1. The van der Waals surface area contributed by atoms with Crippen LogP contribution in [0.5, 0.6) is 0 Å². The van der Waals surface area contributed by atoms with Crippen molar-refractivity contribution < 1.29 is 23.1 Å². The van der Waals surface area contributed by atoms with E-state index in [1.165, 1.54) is 0 Å². The number of rotatable bonds is 3. The highest BCUT2D eigenvalue weighted by atomic mass is 19.4. The molecule has 1 saturated heterocycles. The third-order valence-electron chi connectivity index (χ3n) is 3.66. The molecule has 1 amide bonds. The molecule has 0 spiro atoms. The molecule has 0 radical (unpaired) electrons. The normalized spacial score (nSPS) is 19.6. The Morgan fingerprint density at radius 3 is 2.71 bits per heavy atom. The van der Waals surface area contributed by atoms with Crippen LogP contribution in [0.4, 0.5) is 13.2 Å². The Morgan fingerprint density at radius 1 is 1.38 bits per heavy atom. The zero-order valence-electron chi connectivity index (χ0n) is 11.4. The van der Waals surface area contributed by atoms with Gasteiger partial charge in [-0.05, 0) is 37.8 Å². The Bertz CT molecular complexity index is 486. The number of aliphatic hydroxyl groups excluding tert-OH is 1. The molecule has 21 heavy (non-hydrogen) atoms. The number of carbonyl (C=O) groups excluding carboxylic acids is 1. The minimum Gasteiger partial charge on any atom is -0.396 e. The molecule has 1 N–H and O–H groups in total. The number of carbonyl (C=O) groups is 1. The average Bonchev–Trinajstić information content (AvgIpc) is 2.47. The van der Waals surface area contributed by atoms with Crippen LogP contribution in [-0.2, 0) is 6.18 Å². The minimum absolute atomic E-state index is 0.00726. The number of hydrogen-bond donors (Lipinski definition) is 1. The molecule has 0 aromatic carbocycles. The van der Waals surface area contributed by atoms with Crippen LogP contribution in [0.2, 0.25) is 0 Å². The molecule has 1 aromatic rings. The molecule has 2 rings (SSSR count). The molecule has 0 bridgehead atoms. The van der Waals surface area contributed by atoms with Crippen LogP contribution in [0.25, 0.3) is 0 Å². The molecule has 1 aliphatic rings. The quantitative estimate of drug-likeness (QED) is 0.933. The fraction of sp³-hybridized carbons (Fsp3) is 0.571. The summed E-state index contributed by atoms with van der Waals surface area (Å²) in [6.45, 7) is 0.529. The van der Waals surface area contributed by atoms with Crippen LogP contribution in [0.15, 0.2) is 18.3 Å². The fourth-order valence-electron chi connectivity index (χ4n) is 2.55. The molecule has 0 aliphatic carbocycles. The third-order valence-corrected chi connectivity index (χ3v) is 3.66. The van der Waals surface area contributed by atoms with Gasteiger partial charge in [0.25, 0.3) is 5.91 Å². The van der Waals surface area contributed by atoms with E-state index < -0.39 is 11.7 Å². The molecule has 1 unspecified atom stereocenters. The predicted octanol–water partition coefficient (Wildman–Crippen LogP) is 2.48. The van der Waals surface area contributed by atoms with E-state index in [4.69, 9.17) is 5.11 Å². The standard InChI is InChI=1S/C14H17F3N2O2/c15-14(16,17)10-4-5-12(18-9-10)13(21)19-7-2-1-3-11(19)6-8-20/h4-5,9,11,20H,1-3,6-8H2. The summed E-state index contributed by atoms with van der Waals surface area (Å²) in [6, 6.07) is 1.90. The number of nitrogens with zero attached hydrogens (tertiary/aromatic N) is 2.